The van der Waals surface area contributed by atoms with E-state index in [1.54, 1.807) is 6.07 Å². The Morgan fingerprint density at radius 3 is 2.41 bits per heavy atom. The highest BCUT2D eigenvalue weighted by Crippen LogP contribution is 2.30. The number of nitrogens with zero attached hydrogens (tertiary/aromatic N) is 1. The van der Waals surface area contributed by atoms with Crippen LogP contribution in [0.25, 0.3) is 0 Å². The quantitative estimate of drug-likeness (QED) is 0.769. The largest absolute Gasteiger partial charge is 0.573 e. The first-order chi connectivity index (χ1) is 7.83. The molecular weight excluding hydrogens is 245 g/mol. The van der Waals surface area contributed by atoms with Crippen molar-refractivity contribution in [1.82, 2.24) is 0 Å². The predicted molar refractivity (Wildman–Crippen MR) is 47.4 cm³/mol. The molecule has 0 N–H and O–H groups in total. The van der Waals surface area contributed by atoms with E-state index in [-0.39, 0.29) is 5.56 Å². The van der Waals surface area contributed by atoms with Crippen LogP contribution in [-0.2, 0) is 6.42 Å². The van der Waals surface area contributed by atoms with Gasteiger partial charge in [-0.3, -0.25) is 0 Å². The zero-order chi connectivity index (χ0) is 13.1. The Bertz CT molecular complexity index is 435. The van der Waals surface area contributed by atoms with Crippen molar-refractivity contribution in [1.29, 1.82) is 5.26 Å². The summed E-state index contributed by atoms with van der Waals surface area (Å²) in [6, 6.07) is 4.02. The van der Waals surface area contributed by atoms with E-state index in [0.29, 0.717) is 0 Å². The van der Waals surface area contributed by atoms with Gasteiger partial charge in [0.15, 0.2) is 0 Å². The van der Waals surface area contributed by atoms with E-state index in [2.05, 4.69) is 4.74 Å². The number of benzene rings is 1. The molecule has 1 aromatic rings. The number of hydrogen-bond acceptors (Lipinski definition) is 2. The molecule has 0 spiro atoms. The molecule has 0 atom stereocenters. The lowest BCUT2D eigenvalue weighted by Gasteiger charge is -2.12. The molecule has 0 radical (unpaired) electrons. The third-order valence-electron chi connectivity index (χ3n) is 1.83. The van der Waals surface area contributed by atoms with Crippen molar-refractivity contribution in [3.63, 3.8) is 0 Å². The summed E-state index contributed by atoms with van der Waals surface area (Å²) >= 11 is 0. The van der Waals surface area contributed by atoms with E-state index in [9.17, 15) is 22.0 Å². The minimum absolute atomic E-state index is 0.220. The first kappa shape index (κ1) is 13.2. The fourth-order valence-electron chi connectivity index (χ4n) is 1.18. The third kappa shape index (κ3) is 3.90. The van der Waals surface area contributed by atoms with Crippen molar-refractivity contribution in [2.24, 2.45) is 0 Å². The zero-order valence-corrected chi connectivity index (χ0v) is 8.26. The summed E-state index contributed by atoms with van der Waals surface area (Å²) in [6.45, 7) is 0. The molecule has 0 aromatic heterocycles. The summed E-state index contributed by atoms with van der Waals surface area (Å²) in [4.78, 5) is 0. The summed E-state index contributed by atoms with van der Waals surface area (Å²) in [6.07, 6.45) is -8.17. The van der Waals surface area contributed by atoms with E-state index in [0.717, 1.165) is 18.2 Å². The number of rotatable bonds is 3. The Hall–Kier alpha value is -1.84. The molecule has 0 bridgehead atoms. The number of alkyl halides is 5. The average molecular weight is 251 g/mol. The lowest BCUT2D eigenvalue weighted by molar-refractivity contribution is -0.274. The van der Waals surface area contributed by atoms with Gasteiger partial charge in [0.1, 0.15) is 5.75 Å². The molecule has 0 saturated heterocycles. The molecule has 2 nitrogen and oxygen atoms in total. The topological polar surface area (TPSA) is 33.0 Å². The Kier molecular flexibility index (Phi) is 3.89. The summed E-state index contributed by atoms with van der Waals surface area (Å²) in [5.74, 6) is -0.636. The molecule has 0 saturated carbocycles. The summed E-state index contributed by atoms with van der Waals surface area (Å²) < 4.78 is 64.1. The van der Waals surface area contributed by atoms with Crippen LogP contribution >= 0.6 is 0 Å². The monoisotopic (exact) mass is 251 g/mol. The molecule has 92 valence electrons. The van der Waals surface area contributed by atoms with Crippen LogP contribution in [0.2, 0.25) is 0 Å². The number of halogens is 5. The van der Waals surface area contributed by atoms with E-state index in [1.165, 1.54) is 0 Å². The van der Waals surface area contributed by atoms with Crippen LogP contribution in [0.3, 0.4) is 0 Å². The maximum atomic E-state index is 12.3. The van der Waals surface area contributed by atoms with Gasteiger partial charge in [-0.1, -0.05) is 0 Å². The van der Waals surface area contributed by atoms with E-state index in [1.807, 2.05) is 0 Å². The smallest absolute Gasteiger partial charge is 0.405 e. The van der Waals surface area contributed by atoms with E-state index in [4.69, 9.17) is 5.26 Å². The minimum Gasteiger partial charge on any atom is -0.405 e. The van der Waals surface area contributed by atoms with Crippen LogP contribution in [0.1, 0.15) is 17.6 Å². The number of hydrogen-bond donors (Lipinski definition) is 0. The third-order valence-corrected chi connectivity index (χ3v) is 1.83. The fraction of sp³-hybridized carbons (Fsp3) is 0.300. The van der Waals surface area contributed by atoms with Gasteiger partial charge in [-0.15, -0.1) is 13.2 Å². The number of ether oxygens (including phenoxy) is 1. The van der Waals surface area contributed by atoms with Gasteiger partial charge in [0, 0.05) is 11.1 Å². The van der Waals surface area contributed by atoms with Gasteiger partial charge in [0.25, 0.3) is 6.43 Å². The molecule has 0 aliphatic heterocycles. The average Bonchev–Trinajstić information content (AvgIpc) is 2.18. The van der Waals surface area contributed by atoms with E-state index < -0.39 is 30.5 Å². The maximum absolute atomic E-state index is 12.3. The molecular formula is C10H6F5NO. The molecule has 17 heavy (non-hydrogen) atoms. The molecule has 0 amide bonds. The second-order valence-corrected chi connectivity index (χ2v) is 3.05. The summed E-state index contributed by atoms with van der Waals surface area (Å²) in [7, 11) is 0. The van der Waals surface area contributed by atoms with Crippen LogP contribution in [-0.4, -0.2) is 6.36 Å². The number of nitriles is 1. The van der Waals surface area contributed by atoms with Crippen molar-refractivity contribution < 1.29 is 26.7 Å². The van der Waals surface area contributed by atoms with Gasteiger partial charge < -0.3 is 4.74 Å². The van der Waals surface area contributed by atoms with Crippen LogP contribution in [0.5, 0.6) is 5.75 Å². The van der Waals surface area contributed by atoms with Crippen molar-refractivity contribution in [3.05, 3.63) is 29.3 Å². The molecule has 7 heteroatoms. The van der Waals surface area contributed by atoms with Crippen LogP contribution in [0.15, 0.2) is 18.2 Å². The Labute approximate surface area is 93.2 Å². The first-order valence-corrected chi connectivity index (χ1v) is 4.37. The second kappa shape index (κ2) is 4.99. The van der Waals surface area contributed by atoms with Crippen molar-refractivity contribution in [2.75, 3.05) is 0 Å². The molecule has 1 rings (SSSR count). The van der Waals surface area contributed by atoms with Crippen LogP contribution < -0.4 is 4.74 Å². The normalized spacial score (nSPS) is 11.4. The minimum atomic E-state index is -4.92. The predicted octanol–water partition coefficient (Wildman–Crippen LogP) is 3.59. The second-order valence-electron chi connectivity index (χ2n) is 3.05. The Balaban J connectivity index is 3.09. The van der Waals surface area contributed by atoms with Crippen molar-refractivity contribution >= 4 is 0 Å². The van der Waals surface area contributed by atoms with Gasteiger partial charge >= 0.3 is 6.36 Å². The Morgan fingerprint density at radius 2 is 1.94 bits per heavy atom. The first-order valence-electron chi connectivity index (χ1n) is 4.37. The molecule has 1 aromatic carbocycles. The van der Waals surface area contributed by atoms with Gasteiger partial charge in [-0.25, -0.2) is 8.78 Å². The maximum Gasteiger partial charge on any atom is 0.573 e. The summed E-state index contributed by atoms with van der Waals surface area (Å²) in [5, 5.41) is 8.40. The molecule has 0 fully saturated rings. The van der Waals surface area contributed by atoms with Gasteiger partial charge in [0.05, 0.1) is 12.5 Å². The SMILES string of the molecule is N#CCc1cc(C(F)F)ccc1OC(F)(F)F. The fourth-order valence-corrected chi connectivity index (χ4v) is 1.18. The summed E-state index contributed by atoms with van der Waals surface area (Å²) in [5.41, 5.74) is -0.674. The molecule has 0 heterocycles. The zero-order valence-electron chi connectivity index (χ0n) is 8.26. The molecule has 0 aliphatic rings. The van der Waals surface area contributed by atoms with Gasteiger partial charge in [0.2, 0.25) is 0 Å². The van der Waals surface area contributed by atoms with Crippen molar-refractivity contribution in [2.45, 2.75) is 19.2 Å². The van der Waals surface area contributed by atoms with Crippen LogP contribution in [0.4, 0.5) is 22.0 Å². The highest BCUT2D eigenvalue weighted by Gasteiger charge is 2.32. The lowest BCUT2D eigenvalue weighted by Crippen LogP contribution is -2.18. The van der Waals surface area contributed by atoms with Gasteiger partial charge in [-0.2, -0.15) is 5.26 Å². The van der Waals surface area contributed by atoms with Crippen LogP contribution in [0, 0.1) is 11.3 Å². The highest BCUT2D eigenvalue weighted by molar-refractivity contribution is 5.39. The molecule has 0 aliphatic carbocycles. The lowest BCUT2D eigenvalue weighted by atomic mass is 10.1. The molecule has 0 unspecified atom stereocenters. The van der Waals surface area contributed by atoms with E-state index >= 15 is 0 Å². The van der Waals surface area contributed by atoms with Crippen molar-refractivity contribution in [3.8, 4) is 11.8 Å². The highest BCUT2D eigenvalue weighted by atomic mass is 19.4. The Morgan fingerprint density at radius 1 is 1.29 bits per heavy atom. The van der Waals surface area contributed by atoms with Gasteiger partial charge in [-0.05, 0) is 18.2 Å². The standard InChI is InChI=1S/C10H6F5NO/c11-9(12)7-1-2-8(17-10(13,14)15)6(5-7)3-4-16/h1-2,5,9H,3H2.